The summed E-state index contributed by atoms with van der Waals surface area (Å²) in [6.45, 7) is 0. The second-order valence-corrected chi connectivity index (χ2v) is 6.69. The zero-order valence-corrected chi connectivity index (χ0v) is 15.2. The third-order valence-corrected chi connectivity index (χ3v) is 4.75. The molecule has 4 aromatic rings. The topological polar surface area (TPSA) is 103 Å². The first kappa shape index (κ1) is 17.6. The van der Waals surface area contributed by atoms with Crippen LogP contribution in [0.1, 0.15) is 10.5 Å². The summed E-state index contributed by atoms with van der Waals surface area (Å²) in [5.41, 5.74) is 2.20. The maximum atomic E-state index is 12.5. The Morgan fingerprint density at radius 2 is 2.00 bits per heavy atom. The van der Waals surface area contributed by atoms with Gasteiger partial charge in [0.1, 0.15) is 5.01 Å². The van der Waals surface area contributed by atoms with Crippen LogP contribution in [0.5, 0.6) is 0 Å². The number of anilines is 1. The number of nitrogens with zero attached hydrogens (tertiary/aromatic N) is 4. The van der Waals surface area contributed by atoms with Crippen molar-refractivity contribution in [2.24, 2.45) is 0 Å². The van der Waals surface area contributed by atoms with Gasteiger partial charge in [-0.25, -0.2) is 9.67 Å². The Bertz CT molecular complexity index is 1150. The largest absolute Gasteiger partial charge is 0.321 e. The zero-order chi connectivity index (χ0) is 19.5. The number of nitro groups is 1. The molecule has 1 amide bonds. The van der Waals surface area contributed by atoms with E-state index >= 15 is 0 Å². The molecule has 0 atom stereocenters. The molecule has 0 saturated heterocycles. The molecule has 0 unspecified atom stereocenters. The van der Waals surface area contributed by atoms with Crippen LogP contribution in [-0.2, 0) is 0 Å². The lowest BCUT2D eigenvalue weighted by molar-refractivity contribution is -0.384. The highest BCUT2D eigenvalue weighted by Crippen LogP contribution is 2.24. The predicted molar refractivity (Wildman–Crippen MR) is 106 cm³/mol. The number of hydrogen-bond acceptors (Lipinski definition) is 6. The van der Waals surface area contributed by atoms with Gasteiger partial charge in [0.2, 0.25) is 0 Å². The molecule has 28 heavy (non-hydrogen) atoms. The fourth-order valence-electron chi connectivity index (χ4n) is 2.63. The average Bonchev–Trinajstić information content (AvgIpc) is 3.40. The number of aromatic nitrogens is 3. The number of benzene rings is 2. The van der Waals surface area contributed by atoms with Gasteiger partial charge in [0.25, 0.3) is 11.6 Å². The monoisotopic (exact) mass is 391 g/mol. The van der Waals surface area contributed by atoms with Crippen molar-refractivity contribution in [2.75, 3.05) is 5.32 Å². The van der Waals surface area contributed by atoms with E-state index in [0.717, 1.165) is 10.6 Å². The molecule has 4 rings (SSSR count). The summed E-state index contributed by atoms with van der Waals surface area (Å²) in [4.78, 5) is 27.2. The first-order valence-corrected chi connectivity index (χ1v) is 9.10. The van der Waals surface area contributed by atoms with E-state index in [1.807, 2.05) is 23.6 Å². The molecule has 8 nitrogen and oxygen atoms in total. The molecule has 0 saturated carbocycles. The third kappa shape index (κ3) is 3.64. The van der Waals surface area contributed by atoms with Crippen LogP contribution < -0.4 is 5.32 Å². The molecule has 9 heteroatoms. The summed E-state index contributed by atoms with van der Waals surface area (Å²) < 4.78 is 1.42. The van der Waals surface area contributed by atoms with Crippen LogP contribution in [0.25, 0.3) is 16.3 Å². The summed E-state index contributed by atoms with van der Waals surface area (Å²) >= 11 is 1.52. The Morgan fingerprint density at radius 1 is 1.14 bits per heavy atom. The second kappa shape index (κ2) is 7.41. The van der Waals surface area contributed by atoms with Crippen LogP contribution in [0, 0.1) is 10.1 Å². The summed E-state index contributed by atoms with van der Waals surface area (Å²) in [7, 11) is 0. The van der Waals surface area contributed by atoms with E-state index in [1.54, 1.807) is 36.7 Å². The summed E-state index contributed by atoms with van der Waals surface area (Å²) in [5, 5.41) is 20.7. The number of nitrogens with one attached hydrogen (secondary N) is 1. The van der Waals surface area contributed by atoms with E-state index in [9.17, 15) is 14.9 Å². The standard InChI is InChI=1S/C19H13N5O3S/c25-18(21-14-4-1-3-13(11-14)19-20-8-10-28-19)17-7-9-23(22-17)15-5-2-6-16(12-15)24(26)27/h1-12H,(H,21,25). The number of nitro benzene ring substituents is 1. The van der Waals surface area contributed by atoms with Gasteiger partial charge in [-0.05, 0) is 24.3 Å². The van der Waals surface area contributed by atoms with E-state index in [2.05, 4.69) is 15.4 Å². The second-order valence-electron chi connectivity index (χ2n) is 5.79. The molecular weight excluding hydrogens is 378 g/mol. The van der Waals surface area contributed by atoms with Crippen molar-refractivity contribution in [1.29, 1.82) is 0 Å². The molecule has 0 aliphatic heterocycles. The molecule has 1 N–H and O–H groups in total. The van der Waals surface area contributed by atoms with Crippen LogP contribution in [0.2, 0.25) is 0 Å². The third-order valence-electron chi connectivity index (χ3n) is 3.93. The average molecular weight is 391 g/mol. The molecule has 0 spiro atoms. The minimum absolute atomic E-state index is 0.0435. The number of thiazole rings is 1. The minimum Gasteiger partial charge on any atom is -0.321 e. The summed E-state index contributed by atoms with van der Waals surface area (Å²) in [6, 6.07) is 15.0. The van der Waals surface area contributed by atoms with Gasteiger partial charge >= 0.3 is 0 Å². The number of non-ortho nitro benzene ring substituents is 1. The molecule has 2 heterocycles. The molecule has 0 fully saturated rings. The Balaban J connectivity index is 1.53. The van der Waals surface area contributed by atoms with Crippen LogP contribution in [0.4, 0.5) is 11.4 Å². The van der Waals surface area contributed by atoms with Gasteiger partial charge < -0.3 is 5.32 Å². The highest BCUT2D eigenvalue weighted by Gasteiger charge is 2.13. The van der Waals surface area contributed by atoms with Gasteiger partial charge in [-0.3, -0.25) is 14.9 Å². The number of amides is 1. The maximum absolute atomic E-state index is 12.5. The van der Waals surface area contributed by atoms with Crippen molar-refractivity contribution < 1.29 is 9.72 Å². The smallest absolute Gasteiger partial charge is 0.276 e. The van der Waals surface area contributed by atoms with Gasteiger partial charge in [0.05, 0.1) is 10.6 Å². The van der Waals surface area contributed by atoms with Crippen LogP contribution >= 0.6 is 11.3 Å². The molecule has 138 valence electrons. The number of carbonyl (C=O) groups is 1. The SMILES string of the molecule is O=C(Nc1cccc(-c2nccs2)c1)c1ccn(-c2cccc([N+](=O)[O-])c2)n1. The molecule has 2 aromatic heterocycles. The highest BCUT2D eigenvalue weighted by atomic mass is 32.1. The van der Waals surface area contributed by atoms with Crippen LogP contribution in [0.3, 0.4) is 0 Å². The first-order chi connectivity index (χ1) is 13.6. The van der Waals surface area contributed by atoms with E-state index in [4.69, 9.17) is 0 Å². The van der Waals surface area contributed by atoms with Crippen molar-refractivity contribution in [2.45, 2.75) is 0 Å². The van der Waals surface area contributed by atoms with Gasteiger partial charge in [0, 0.05) is 41.2 Å². The van der Waals surface area contributed by atoms with E-state index in [1.165, 1.54) is 28.2 Å². The molecule has 0 bridgehead atoms. The van der Waals surface area contributed by atoms with Gasteiger partial charge in [-0.15, -0.1) is 11.3 Å². The molecule has 0 aliphatic rings. The maximum Gasteiger partial charge on any atom is 0.276 e. The van der Waals surface area contributed by atoms with E-state index in [0.29, 0.717) is 11.4 Å². The summed E-state index contributed by atoms with van der Waals surface area (Å²) in [6.07, 6.45) is 3.31. The molecule has 0 aliphatic carbocycles. The Labute approximate surface area is 163 Å². The quantitative estimate of drug-likeness (QED) is 0.406. The zero-order valence-electron chi connectivity index (χ0n) is 14.4. The Kier molecular flexibility index (Phi) is 4.65. The van der Waals surface area contributed by atoms with Crippen molar-refractivity contribution in [1.82, 2.24) is 14.8 Å². The Hall–Kier alpha value is -3.85. The Morgan fingerprint density at radius 3 is 2.79 bits per heavy atom. The predicted octanol–water partition coefficient (Wildman–Crippen LogP) is 4.16. The fourth-order valence-corrected chi connectivity index (χ4v) is 3.26. The fraction of sp³-hybridized carbons (Fsp3) is 0. The van der Waals surface area contributed by atoms with Crippen LogP contribution in [0.15, 0.2) is 72.4 Å². The van der Waals surface area contributed by atoms with Gasteiger partial charge in [0.15, 0.2) is 5.69 Å². The molecule has 0 radical (unpaired) electrons. The molecular formula is C19H13N5O3S. The normalized spacial score (nSPS) is 10.6. The van der Waals surface area contributed by atoms with Gasteiger partial charge in [-0.1, -0.05) is 18.2 Å². The van der Waals surface area contributed by atoms with Crippen LogP contribution in [-0.4, -0.2) is 25.6 Å². The van der Waals surface area contributed by atoms with E-state index < -0.39 is 4.92 Å². The number of hydrogen-bond donors (Lipinski definition) is 1. The van der Waals surface area contributed by atoms with Crippen molar-refractivity contribution in [3.63, 3.8) is 0 Å². The lowest BCUT2D eigenvalue weighted by Crippen LogP contribution is -2.13. The molecule has 2 aromatic carbocycles. The first-order valence-electron chi connectivity index (χ1n) is 8.22. The highest BCUT2D eigenvalue weighted by molar-refractivity contribution is 7.13. The minimum atomic E-state index is -0.476. The van der Waals surface area contributed by atoms with Gasteiger partial charge in [-0.2, -0.15) is 5.10 Å². The van der Waals surface area contributed by atoms with Crippen molar-refractivity contribution >= 4 is 28.6 Å². The van der Waals surface area contributed by atoms with Crippen molar-refractivity contribution in [3.05, 3.63) is 88.2 Å². The number of carbonyl (C=O) groups excluding carboxylic acids is 1. The van der Waals surface area contributed by atoms with Crippen molar-refractivity contribution in [3.8, 4) is 16.3 Å². The lowest BCUT2D eigenvalue weighted by Gasteiger charge is -2.05. The number of rotatable bonds is 5. The lowest BCUT2D eigenvalue weighted by atomic mass is 10.2. The van der Waals surface area contributed by atoms with E-state index in [-0.39, 0.29) is 17.3 Å². The summed E-state index contributed by atoms with van der Waals surface area (Å²) in [5.74, 6) is -0.375.